The molecule has 0 spiro atoms. The average molecular weight is 253 g/mol. The zero-order valence-electron chi connectivity index (χ0n) is 9.84. The number of hydrogen-bond donors (Lipinski definition) is 1. The van der Waals surface area contributed by atoms with E-state index in [1.54, 1.807) is 25.1 Å². The lowest BCUT2D eigenvalue weighted by molar-refractivity contribution is -0.385. The van der Waals surface area contributed by atoms with Crippen molar-refractivity contribution >= 4 is 11.4 Å². The van der Waals surface area contributed by atoms with E-state index in [9.17, 15) is 10.1 Å². The van der Waals surface area contributed by atoms with E-state index in [1.807, 2.05) is 0 Å². The van der Waals surface area contributed by atoms with Crippen molar-refractivity contribution in [2.75, 3.05) is 5.32 Å². The fourth-order valence-electron chi connectivity index (χ4n) is 1.31. The number of nitro benzene ring substituents is 1. The fraction of sp³-hybridized carbons (Fsp3) is 0.0833. The second kappa shape index (κ2) is 5.81. The molecule has 0 aliphatic rings. The van der Waals surface area contributed by atoms with Gasteiger partial charge in [0.2, 0.25) is 0 Å². The monoisotopic (exact) mass is 253 g/mol. The van der Waals surface area contributed by atoms with Gasteiger partial charge in [-0.15, -0.1) is 0 Å². The molecule has 0 aliphatic heterocycles. The topological polar surface area (TPSA) is 127 Å². The van der Waals surface area contributed by atoms with Crippen LogP contribution in [0.4, 0.5) is 11.4 Å². The highest BCUT2D eigenvalue weighted by atomic mass is 16.6. The van der Waals surface area contributed by atoms with Gasteiger partial charge in [-0.05, 0) is 13.0 Å². The van der Waals surface area contributed by atoms with Gasteiger partial charge in [0.15, 0.2) is 5.57 Å². The molecule has 1 rings (SSSR count). The molecule has 0 heterocycles. The zero-order chi connectivity index (χ0) is 14.4. The molecule has 0 fully saturated rings. The SMILES string of the molecule is Cc1ccc(NC(C#N)=C(C#N)C#N)cc1[N+](=O)[O-]. The number of allylic oxidation sites excluding steroid dienone is 2. The van der Waals surface area contributed by atoms with Crippen LogP contribution < -0.4 is 5.32 Å². The summed E-state index contributed by atoms with van der Waals surface area (Å²) in [6.45, 7) is 1.58. The Morgan fingerprint density at radius 3 is 2.37 bits per heavy atom. The Morgan fingerprint density at radius 2 is 1.89 bits per heavy atom. The summed E-state index contributed by atoms with van der Waals surface area (Å²) in [5, 5.41) is 39.5. The van der Waals surface area contributed by atoms with E-state index in [4.69, 9.17) is 15.8 Å². The van der Waals surface area contributed by atoms with Crippen LogP contribution in [-0.4, -0.2) is 4.92 Å². The van der Waals surface area contributed by atoms with Crippen molar-refractivity contribution in [3.63, 3.8) is 0 Å². The third kappa shape index (κ3) is 3.06. The van der Waals surface area contributed by atoms with Crippen molar-refractivity contribution in [2.45, 2.75) is 6.92 Å². The van der Waals surface area contributed by atoms with Gasteiger partial charge < -0.3 is 5.32 Å². The Kier molecular flexibility index (Phi) is 4.19. The van der Waals surface area contributed by atoms with Crippen molar-refractivity contribution in [1.29, 1.82) is 15.8 Å². The van der Waals surface area contributed by atoms with Crippen LogP contribution in [-0.2, 0) is 0 Å². The van der Waals surface area contributed by atoms with Gasteiger partial charge in [0.1, 0.15) is 23.9 Å². The first-order valence-electron chi connectivity index (χ1n) is 5.00. The lowest BCUT2D eigenvalue weighted by Gasteiger charge is -2.05. The van der Waals surface area contributed by atoms with E-state index in [2.05, 4.69) is 5.32 Å². The van der Waals surface area contributed by atoms with E-state index in [0.29, 0.717) is 5.56 Å². The van der Waals surface area contributed by atoms with Gasteiger partial charge in [0, 0.05) is 17.3 Å². The molecule has 0 unspecified atom stereocenters. The van der Waals surface area contributed by atoms with Gasteiger partial charge in [-0.1, -0.05) is 6.07 Å². The van der Waals surface area contributed by atoms with Crippen LogP contribution in [0.2, 0.25) is 0 Å². The van der Waals surface area contributed by atoms with Crippen molar-refractivity contribution < 1.29 is 4.92 Å². The van der Waals surface area contributed by atoms with Crippen LogP contribution in [0.25, 0.3) is 0 Å². The van der Waals surface area contributed by atoms with E-state index in [1.165, 1.54) is 18.2 Å². The minimum absolute atomic E-state index is 0.113. The smallest absolute Gasteiger partial charge is 0.274 e. The Hall–Kier alpha value is -3.37. The third-order valence-corrected chi connectivity index (χ3v) is 2.26. The van der Waals surface area contributed by atoms with E-state index < -0.39 is 4.92 Å². The summed E-state index contributed by atoms with van der Waals surface area (Å²) in [5.41, 5.74) is -0.0117. The number of nitriles is 3. The largest absolute Gasteiger partial charge is 0.345 e. The molecule has 0 saturated carbocycles. The van der Waals surface area contributed by atoms with E-state index >= 15 is 0 Å². The molecule has 7 heteroatoms. The number of nitro groups is 1. The average Bonchev–Trinajstić information content (AvgIpc) is 2.40. The maximum atomic E-state index is 10.8. The minimum atomic E-state index is -0.550. The molecule has 0 atom stereocenters. The number of nitrogens with zero attached hydrogens (tertiary/aromatic N) is 4. The van der Waals surface area contributed by atoms with Gasteiger partial charge in [-0.3, -0.25) is 10.1 Å². The molecular weight excluding hydrogens is 246 g/mol. The minimum Gasteiger partial charge on any atom is -0.345 e. The van der Waals surface area contributed by atoms with Crippen molar-refractivity contribution in [1.82, 2.24) is 0 Å². The van der Waals surface area contributed by atoms with Gasteiger partial charge in [-0.2, -0.15) is 15.8 Å². The number of anilines is 1. The molecule has 0 amide bonds. The summed E-state index contributed by atoms with van der Waals surface area (Å²) in [6.07, 6.45) is 0. The number of hydrogen-bond acceptors (Lipinski definition) is 6. The number of aryl methyl sites for hydroxylation is 1. The first kappa shape index (κ1) is 13.7. The van der Waals surface area contributed by atoms with Gasteiger partial charge in [-0.25, -0.2) is 0 Å². The van der Waals surface area contributed by atoms with Gasteiger partial charge in [0.05, 0.1) is 4.92 Å². The maximum absolute atomic E-state index is 10.8. The Bertz CT molecular complexity index is 670. The summed E-state index contributed by atoms with van der Waals surface area (Å²) >= 11 is 0. The lowest BCUT2D eigenvalue weighted by atomic mass is 10.1. The standard InChI is InChI=1S/C12H7N5O2/c1-8-2-3-10(4-12(8)17(18)19)16-11(7-15)9(5-13)6-14/h2-4,16H,1H3. The zero-order valence-corrected chi connectivity index (χ0v) is 9.84. The maximum Gasteiger partial charge on any atom is 0.274 e. The predicted molar refractivity (Wildman–Crippen MR) is 65.3 cm³/mol. The van der Waals surface area contributed by atoms with Crippen LogP contribution in [0.1, 0.15) is 5.56 Å². The Labute approximate surface area is 108 Å². The summed E-state index contributed by atoms with van der Waals surface area (Å²) < 4.78 is 0. The van der Waals surface area contributed by atoms with Crippen LogP contribution in [0.3, 0.4) is 0 Å². The normalized spacial score (nSPS) is 8.53. The van der Waals surface area contributed by atoms with E-state index in [-0.39, 0.29) is 22.6 Å². The molecule has 0 aromatic heterocycles. The van der Waals surface area contributed by atoms with Crippen molar-refractivity contribution in [3.8, 4) is 18.2 Å². The first-order valence-corrected chi connectivity index (χ1v) is 5.00. The summed E-state index contributed by atoms with van der Waals surface area (Å²) in [6, 6.07) is 9.08. The van der Waals surface area contributed by atoms with Crippen molar-refractivity contribution in [3.05, 3.63) is 45.1 Å². The highest BCUT2D eigenvalue weighted by molar-refractivity contribution is 5.62. The van der Waals surface area contributed by atoms with Crippen LogP contribution in [0.15, 0.2) is 29.5 Å². The molecule has 0 radical (unpaired) electrons. The Balaban J connectivity index is 3.22. The molecule has 92 valence electrons. The second-order valence-electron chi connectivity index (χ2n) is 3.47. The van der Waals surface area contributed by atoms with Crippen LogP contribution >= 0.6 is 0 Å². The Morgan fingerprint density at radius 1 is 1.26 bits per heavy atom. The molecule has 1 N–H and O–H groups in total. The molecule has 0 bridgehead atoms. The molecule has 1 aromatic rings. The van der Waals surface area contributed by atoms with Crippen molar-refractivity contribution in [2.24, 2.45) is 0 Å². The summed E-state index contributed by atoms with van der Waals surface area (Å²) in [7, 11) is 0. The number of benzene rings is 1. The fourth-order valence-corrected chi connectivity index (χ4v) is 1.31. The predicted octanol–water partition coefficient (Wildman–Crippen LogP) is 2.14. The highest BCUT2D eigenvalue weighted by Gasteiger charge is 2.12. The lowest BCUT2D eigenvalue weighted by Crippen LogP contribution is -2.01. The summed E-state index contributed by atoms with van der Waals surface area (Å²) in [4.78, 5) is 10.2. The second-order valence-corrected chi connectivity index (χ2v) is 3.47. The van der Waals surface area contributed by atoms with Crippen LogP contribution in [0.5, 0.6) is 0 Å². The first-order chi connectivity index (χ1) is 9.03. The molecule has 7 nitrogen and oxygen atoms in total. The van der Waals surface area contributed by atoms with E-state index in [0.717, 1.165) is 0 Å². The quantitative estimate of drug-likeness (QED) is 0.499. The summed E-state index contributed by atoms with van der Waals surface area (Å²) in [5.74, 6) is 0. The molecule has 19 heavy (non-hydrogen) atoms. The molecule has 1 aromatic carbocycles. The molecule has 0 aliphatic carbocycles. The number of rotatable bonds is 3. The molecular formula is C12H7N5O2. The number of nitrogens with one attached hydrogen (secondary N) is 1. The molecule has 0 saturated heterocycles. The van der Waals surface area contributed by atoms with Crippen LogP contribution in [0, 0.1) is 51.0 Å². The van der Waals surface area contributed by atoms with Gasteiger partial charge >= 0.3 is 0 Å². The highest BCUT2D eigenvalue weighted by Crippen LogP contribution is 2.23. The van der Waals surface area contributed by atoms with Gasteiger partial charge in [0.25, 0.3) is 5.69 Å². The third-order valence-electron chi connectivity index (χ3n) is 2.26.